The van der Waals surface area contributed by atoms with Crippen molar-refractivity contribution in [3.8, 4) is 0 Å². The number of urea groups is 1. The molecule has 4 nitrogen and oxygen atoms in total. The van der Waals surface area contributed by atoms with E-state index < -0.39 is 23.3 Å². The largest absolute Gasteiger partial charge is 0.388 e. The predicted octanol–water partition coefficient (Wildman–Crippen LogP) is 3.15. The van der Waals surface area contributed by atoms with Crippen molar-refractivity contribution >= 4 is 23.3 Å². The maximum atomic E-state index is 13.5. The molecule has 0 radical (unpaired) electrons. The molecule has 112 valence electrons. The monoisotopic (exact) mass is 306 g/mol. The number of carbonyl (C=O) groups is 1. The third-order valence-corrected chi connectivity index (χ3v) is 3.39. The van der Waals surface area contributed by atoms with Crippen molar-refractivity contribution in [2.24, 2.45) is 5.92 Å². The van der Waals surface area contributed by atoms with Gasteiger partial charge in [0.25, 0.3) is 0 Å². The van der Waals surface area contributed by atoms with E-state index in [4.69, 9.17) is 11.6 Å². The summed E-state index contributed by atoms with van der Waals surface area (Å²) in [5.74, 6) is -1.88. The molecular weight excluding hydrogens is 290 g/mol. The van der Waals surface area contributed by atoms with Gasteiger partial charge in [0.1, 0.15) is 5.82 Å². The Morgan fingerprint density at radius 3 is 2.55 bits per heavy atom. The molecule has 0 heterocycles. The summed E-state index contributed by atoms with van der Waals surface area (Å²) in [6.07, 6.45) is 0. The highest BCUT2D eigenvalue weighted by Crippen LogP contribution is 2.26. The van der Waals surface area contributed by atoms with Crippen LogP contribution in [0.1, 0.15) is 20.8 Å². The van der Waals surface area contributed by atoms with E-state index in [1.165, 1.54) is 0 Å². The number of anilines is 1. The van der Waals surface area contributed by atoms with Gasteiger partial charge in [-0.3, -0.25) is 0 Å². The summed E-state index contributed by atoms with van der Waals surface area (Å²) in [5.41, 5.74) is -1.41. The molecule has 0 saturated carbocycles. The Labute approximate surface area is 121 Å². The number of aliphatic hydroxyl groups is 1. The van der Waals surface area contributed by atoms with Crippen LogP contribution in [0.15, 0.2) is 12.1 Å². The Morgan fingerprint density at radius 2 is 2.05 bits per heavy atom. The average molecular weight is 307 g/mol. The molecule has 20 heavy (non-hydrogen) atoms. The summed E-state index contributed by atoms with van der Waals surface area (Å²) in [4.78, 5) is 11.6. The summed E-state index contributed by atoms with van der Waals surface area (Å²) < 4.78 is 26.3. The summed E-state index contributed by atoms with van der Waals surface area (Å²) in [6, 6.07) is 0.773. The first-order valence-corrected chi connectivity index (χ1v) is 6.43. The van der Waals surface area contributed by atoms with Gasteiger partial charge in [0.2, 0.25) is 0 Å². The quantitative estimate of drug-likeness (QED) is 0.800. The summed E-state index contributed by atoms with van der Waals surface area (Å²) in [6.45, 7) is 5.16. The lowest BCUT2D eigenvalue weighted by Gasteiger charge is -2.27. The second-order valence-electron chi connectivity index (χ2n) is 5.06. The first-order valence-electron chi connectivity index (χ1n) is 6.05. The highest BCUT2D eigenvalue weighted by molar-refractivity contribution is 6.33. The maximum absolute atomic E-state index is 13.5. The van der Waals surface area contributed by atoms with Crippen molar-refractivity contribution in [3.63, 3.8) is 0 Å². The topological polar surface area (TPSA) is 61.4 Å². The van der Waals surface area contributed by atoms with Gasteiger partial charge in [0.15, 0.2) is 5.82 Å². The van der Waals surface area contributed by atoms with Crippen LogP contribution in [0.4, 0.5) is 19.3 Å². The Kier molecular flexibility index (Phi) is 5.30. The van der Waals surface area contributed by atoms with Crippen LogP contribution in [-0.4, -0.2) is 23.3 Å². The Balaban J connectivity index is 2.69. The van der Waals surface area contributed by atoms with Gasteiger partial charge < -0.3 is 15.7 Å². The molecular formula is C13H17ClF2N2O2. The molecule has 0 bridgehead atoms. The van der Waals surface area contributed by atoms with Crippen molar-refractivity contribution in [2.75, 3.05) is 11.9 Å². The van der Waals surface area contributed by atoms with Gasteiger partial charge in [-0.2, -0.15) is 0 Å². The zero-order valence-electron chi connectivity index (χ0n) is 11.4. The summed E-state index contributed by atoms with van der Waals surface area (Å²) in [7, 11) is 0. The maximum Gasteiger partial charge on any atom is 0.319 e. The van der Waals surface area contributed by atoms with E-state index in [2.05, 4.69) is 10.6 Å². The van der Waals surface area contributed by atoms with Gasteiger partial charge in [-0.25, -0.2) is 13.6 Å². The Hall–Kier alpha value is -1.40. The molecule has 1 aromatic rings. The minimum Gasteiger partial charge on any atom is -0.388 e. The fraction of sp³-hybridized carbons (Fsp3) is 0.462. The lowest BCUT2D eigenvalue weighted by atomic mass is 9.93. The minimum absolute atomic E-state index is 0.0169. The van der Waals surface area contributed by atoms with E-state index in [1.54, 1.807) is 20.8 Å². The van der Waals surface area contributed by atoms with E-state index in [-0.39, 0.29) is 23.2 Å². The lowest BCUT2D eigenvalue weighted by molar-refractivity contribution is 0.0170. The van der Waals surface area contributed by atoms with Crippen molar-refractivity contribution in [1.29, 1.82) is 0 Å². The fourth-order valence-electron chi connectivity index (χ4n) is 1.28. The smallest absolute Gasteiger partial charge is 0.319 e. The molecule has 1 aromatic carbocycles. The molecule has 1 unspecified atom stereocenters. The van der Waals surface area contributed by atoms with Crippen LogP contribution in [0, 0.1) is 17.6 Å². The second-order valence-corrected chi connectivity index (χ2v) is 5.47. The SMILES string of the molecule is CC(C)C(C)(O)CNC(=O)Nc1c(F)cc(F)cc1Cl. The van der Waals surface area contributed by atoms with E-state index >= 15 is 0 Å². The molecule has 0 aliphatic heterocycles. The highest BCUT2D eigenvalue weighted by Gasteiger charge is 2.25. The lowest BCUT2D eigenvalue weighted by Crippen LogP contribution is -2.45. The Bertz CT molecular complexity index is 484. The third kappa shape index (κ3) is 4.31. The van der Waals surface area contributed by atoms with Crippen LogP contribution in [-0.2, 0) is 0 Å². The van der Waals surface area contributed by atoms with Crippen molar-refractivity contribution in [2.45, 2.75) is 26.4 Å². The zero-order chi connectivity index (χ0) is 15.5. The molecule has 2 amide bonds. The first kappa shape index (κ1) is 16.7. The van der Waals surface area contributed by atoms with Gasteiger partial charge in [-0.1, -0.05) is 25.4 Å². The van der Waals surface area contributed by atoms with E-state index in [1.807, 2.05) is 0 Å². The number of benzene rings is 1. The molecule has 7 heteroatoms. The number of carbonyl (C=O) groups excluding carboxylic acids is 1. The van der Waals surface area contributed by atoms with Crippen LogP contribution >= 0.6 is 11.6 Å². The fourth-order valence-corrected chi connectivity index (χ4v) is 1.52. The number of hydrogen-bond acceptors (Lipinski definition) is 2. The second kappa shape index (κ2) is 6.37. The van der Waals surface area contributed by atoms with Gasteiger partial charge in [0.05, 0.1) is 16.3 Å². The molecule has 0 fully saturated rings. The van der Waals surface area contributed by atoms with E-state index in [0.717, 1.165) is 6.07 Å². The van der Waals surface area contributed by atoms with Gasteiger partial charge in [-0.05, 0) is 18.9 Å². The molecule has 0 aliphatic rings. The van der Waals surface area contributed by atoms with Gasteiger partial charge in [0, 0.05) is 12.6 Å². The predicted molar refractivity (Wildman–Crippen MR) is 73.9 cm³/mol. The molecule has 0 spiro atoms. The normalized spacial score (nSPS) is 14.0. The van der Waals surface area contributed by atoms with Gasteiger partial charge in [-0.15, -0.1) is 0 Å². The zero-order valence-corrected chi connectivity index (χ0v) is 12.2. The number of amides is 2. The highest BCUT2D eigenvalue weighted by atomic mass is 35.5. The van der Waals surface area contributed by atoms with Crippen LogP contribution < -0.4 is 10.6 Å². The first-order chi connectivity index (χ1) is 9.13. The summed E-state index contributed by atoms with van der Waals surface area (Å²) >= 11 is 5.65. The van der Waals surface area contributed by atoms with Crippen LogP contribution in [0.3, 0.4) is 0 Å². The number of hydrogen-bond donors (Lipinski definition) is 3. The molecule has 1 rings (SSSR count). The number of nitrogens with one attached hydrogen (secondary N) is 2. The molecule has 0 saturated heterocycles. The van der Waals surface area contributed by atoms with Crippen molar-refractivity contribution in [3.05, 3.63) is 28.8 Å². The standard InChI is InChI=1S/C13H17ClF2N2O2/c1-7(2)13(3,20)6-17-12(19)18-11-9(14)4-8(15)5-10(11)16/h4-5,7,20H,6H2,1-3H3,(H2,17,18,19). The molecule has 0 aliphatic carbocycles. The third-order valence-electron chi connectivity index (χ3n) is 3.10. The van der Waals surface area contributed by atoms with Crippen molar-refractivity contribution in [1.82, 2.24) is 5.32 Å². The Morgan fingerprint density at radius 1 is 1.45 bits per heavy atom. The van der Waals surface area contributed by atoms with Gasteiger partial charge >= 0.3 is 6.03 Å². The van der Waals surface area contributed by atoms with E-state index in [9.17, 15) is 18.7 Å². The van der Waals surface area contributed by atoms with Crippen molar-refractivity contribution < 1.29 is 18.7 Å². The van der Waals surface area contributed by atoms with E-state index in [0.29, 0.717) is 6.07 Å². The number of halogens is 3. The molecule has 3 N–H and O–H groups in total. The number of rotatable bonds is 4. The molecule has 1 atom stereocenters. The minimum atomic E-state index is -1.09. The molecule has 0 aromatic heterocycles. The average Bonchev–Trinajstić information content (AvgIpc) is 2.31. The van der Waals surface area contributed by atoms with Crippen LogP contribution in [0.2, 0.25) is 5.02 Å². The van der Waals surface area contributed by atoms with Crippen LogP contribution in [0.25, 0.3) is 0 Å². The van der Waals surface area contributed by atoms with Crippen LogP contribution in [0.5, 0.6) is 0 Å². The summed E-state index contributed by atoms with van der Waals surface area (Å²) in [5, 5.41) is 14.3.